The number of hydrogen-bond donors (Lipinski definition) is 1. The average molecular weight is 247 g/mol. The molecular formula is C16H13N3. The average Bonchev–Trinajstić information content (AvgIpc) is 2.98. The van der Waals surface area contributed by atoms with Crippen LogP contribution in [0.3, 0.4) is 0 Å². The van der Waals surface area contributed by atoms with Crippen LogP contribution in [-0.2, 0) is 0 Å². The molecule has 3 heteroatoms. The van der Waals surface area contributed by atoms with E-state index in [9.17, 15) is 0 Å². The Hall–Kier alpha value is -2.55. The van der Waals surface area contributed by atoms with Crippen LogP contribution in [0.25, 0.3) is 27.9 Å². The van der Waals surface area contributed by atoms with E-state index in [1.54, 1.807) is 0 Å². The van der Waals surface area contributed by atoms with Crippen molar-refractivity contribution < 1.29 is 0 Å². The molecule has 92 valence electrons. The summed E-state index contributed by atoms with van der Waals surface area (Å²) >= 11 is 0. The van der Waals surface area contributed by atoms with Crippen LogP contribution in [0.4, 0.5) is 0 Å². The fourth-order valence-corrected chi connectivity index (χ4v) is 2.47. The van der Waals surface area contributed by atoms with E-state index < -0.39 is 0 Å². The Bertz CT molecular complexity index is 869. The van der Waals surface area contributed by atoms with Crippen molar-refractivity contribution in [3.63, 3.8) is 0 Å². The zero-order valence-corrected chi connectivity index (χ0v) is 10.6. The minimum absolute atomic E-state index is 0.958. The highest BCUT2D eigenvalue weighted by molar-refractivity contribution is 5.82. The van der Waals surface area contributed by atoms with Gasteiger partial charge in [0.25, 0.3) is 0 Å². The van der Waals surface area contributed by atoms with Crippen LogP contribution in [0.2, 0.25) is 0 Å². The Balaban J connectivity index is 2.00. The van der Waals surface area contributed by atoms with Gasteiger partial charge >= 0.3 is 0 Å². The van der Waals surface area contributed by atoms with Crippen LogP contribution in [0.15, 0.2) is 54.6 Å². The van der Waals surface area contributed by atoms with Crippen LogP contribution in [-0.4, -0.2) is 14.6 Å². The van der Waals surface area contributed by atoms with Gasteiger partial charge < -0.3 is 0 Å². The zero-order valence-electron chi connectivity index (χ0n) is 10.6. The Morgan fingerprint density at radius 1 is 1.00 bits per heavy atom. The zero-order chi connectivity index (χ0) is 12.8. The number of rotatable bonds is 1. The highest BCUT2D eigenvalue weighted by atomic mass is 15.3. The summed E-state index contributed by atoms with van der Waals surface area (Å²) in [6.45, 7) is 2.10. The number of nitrogens with zero attached hydrogens (tertiary/aromatic N) is 2. The molecule has 3 nitrogen and oxygen atoms in total. The van der Waals surface area contributed by atoms with Gasteiger partial charge in [0.1, 0.15) is 0 Å². The molecule has 2 aromatic carbocycles. The monoisotopic (exact) mass is 247 g/mol. The third-order valence-corrected chi connectivity index (χ3v) is 3.43. The summed E-state index contributed by atoms with van der Waals surface area (Å²) < 4.78 is 2.05. The molecule has 1 N–H and O–H groups in total. The maximum absolute atomic E-state index is 4.63. The first-order valence-electron chi connectivity index (χ1n) is 6.34. The molecule has 0 aliphatic heterocycles. The first-order valence-corrected chi connectivity index (χ1v) is 6.34. The maximum Gasteiger partial charge on any atom is 0.154 e. The molecule has 0 radical (unpaired) electrons. The highest BCUT2D eigenvalue weighted by Gasteiger charge is 2.08. The van der Waals surface area contributed by atoms with E-state index in [1.807, 2.05) is 22.7 Å². The molecule has 0 unspecified atom stereocenters. The molecule has 0 aliphatic rings. The normalized spacial score (nSPS) is 11.4. The first kappa shape index (κ1) is 10.4. The summed E-state index contributed by atoms with van der Waals surface area (Å²) in [7, 11) is 0. The van der Waals surface area contributed by atoms with Gasteiger partial charge in [-0.25, -0.2) is 9.50 Å². The van der Waals surface area contributed by atoms with Gasteiger partial charge in [-0.3, -0.25) is 5.10 Å². The maximum atomic E-state index is 4.63. The van der Waals surface area contributed by atoms with Gasteiger partial charge in [-0.15, -0.1) is 0 Å². The number of benzene rings is 2. The lowest BCUT2D eigenvalue weighted by molar-refractivity contribution is 1.01. The number of imidazole rings is 1. The van der Waals surface area contributed by atoms with Crippen molar-refractivity contribution in [3.05, 3.63) is 60.2 Å². The molecular weight excluding hydrogens is 234 g/mol. The van der Waals surface area contributed by atoms with Crippen molar-refractivity contribution >= 4 is 16.7 Å². The number of hydrogen-bond acceptors (Lipinski definition) is 1. The van der Waals surface area contributed by atoms with E-state index in [-0.39, 0.29) is 0 Å². The van der Waals surface area contributed by atoms with E-state index in [0.717, 1.165) is 22.4 Å². The Morgan fingerprint density at radius 2 is 1.84 bits per heavy atom. The SMILES string of the molecule is Cc1ccc2nc3cc(-c4ccccc4)[nH]n3c2c1. The topological polar surface area (TPSA) is 33.1 Å². The fourth-order valence-electron chi connectivity index (χ4n) is 2.47. The molecule has 0 saturated heterocycles. The van der Waals surface area contributed by atoms with Gasteiger partial charge in [-0.2, -0.15) is 0 Å². The van der Waals surface area contributed by atoms with Crippen LogP contribution in [0.5, 0.6) is 0 Å². The van der Waals surface area contributed by atoms with Crippen LogP contribution >= 0.6 is 0 Å². The van der Waals surface area contributed by atoms with Gasteiger partial charge in [0.15, 0.2) is 5.65 Å². The minimum Gasteiger partial charge on any atom is -0.292 e. The minimum atomic E-state index is 0.958. The number of aryl methyl sites for hydroxylation is 1. The third-order valence-electron chi connectivity index (χ3n) is 3.43. The van der Waals surface area contributed by atoms with Gasteiger partial charge in [0.05, 0.1) is 16.7 Å². The molecule has 4 rings (SSSR count). The molecule has 0 saturated carbocycles. The van der Waals surface area contributed by atoms with Crippen LogP contribution in [0, 0.1) is 6.92 Å². The van der Waals surface area contributed by atoms with Crippen molar-refractivity contribution in [1.82, 2.24) is 14.6 Å². The summed E-state index contributed by atoms with van der Waals surface area (Å²) in [6, 6.07) is 18.7. The number of H-pyrrole nitrogens is 1. The number of fused-ring (bicyclic) bond motifs is 3. The van der Waals surface area contributed by atoms with E-state index in [4.69, 9.17) is 0 Å². The first-order chi connectivity index (χ1) is 9.31. The highest BCUT2D eigenvalue weighted by Crippen LogP contribution is 2.23. The third kappa shape index (κ3) is 1.55. The van der Waals surface area contributed by atoms with Crippen molar-refractivity contribution in [1.29, 1.82) is 0 Å². The lowest BCUT2D eigenvalue weighted by Crippen LogP contribution is -1.85. The predicted molar refractivity (Wildman–Crippen MR) is 77.2 cm³/mol. The molecule has 0 spiro atoms. The fraction of sp³-hybridized carbons (Fsp3) is 0.0625. The molecule has 2 heterocycles. The Labute approximate surface area is 110 Å². The lowest BCUT2D eigenvalue weighted by atomic mass is 10.2. The van der Waals surface area contributed by atoms with Crippen molar-refractivity contribution in [2.75, 3.05) is 0 Å². The van der Waals surface area contributed by atoms with Crippen LogP contribution < -0.4 is 0 Å². The summed E-state index contributed by atoms with van der Waals surface area (Å²) in [5, 5.41) is 3.42. The van der Waals surface area contributed by atoms with Gasteiger partial charge in [0.2, 0.25) is 0 Å². The molecule has 4 aromatic rings. The lowest BCUT2D eigenvalue weighted by Gasteiger charge is -1.97. The molecule has 0 amide bonds. The van der Waals surface area contributed by atoms with Crippen molar-refractivity contribution in [2.24, 2.45) is 0 Å². The Kier molecular flexibility index (Phi) is 2.03. The summed E-state index contributed by atoms with van der Waals surface area (Å²) in [4.78, 5) is 4.63. The van der Waals surface area contributed by atoms with E-state index in [2.05, 4.69) is 53.4 Å². The van der Waals surface area contributed by atoms with E-state index in [1.165, 1.54) is 11.1 Å². The second-order valence-electron chi connectivity index (χ2n) is 4.83. The van der Waals surface area contributed by atoms with E-state index in [0.29, 0.717) is 0 Å². The predicted octanol–water partition coefficient (Wildman–Crippen LogP) is 3.79. The van der Waals surface area contributed by atoms with Crippen molar-refractivity contribution in [3.8, 4) is 11.3 Å². The molecule has 0 aliphatic carbocycles. The summed E-state index contributed by atoms with van der Waals surface area (Å²) in [5.74, 6) is 0. The van der Waals surface area contributed by atoms with Gasteiger partial charge in [-0.1, -0.05) is 36.4 Å². The smallest absolute Gasteiger partial charge is 0.154 e. The molecule has 0 fully saturated rings. The van der Waals surface area contributed by atoms with Crippen LogP contribution in [0.1, 0.15) is 5.56 Å². The van der Waals surface area contributed by atoms with Crippen molar-refractivity contribution in [2.45, 2.75) is 6.92 Å². The largest absolute Gasteiger partial charge is 0.292 e. The standard InChI is InChI=1S/C16H13N3/c1-11-7-8-13-15(9-11)19-16(17-13)10-14(18-19)12-5-3-2-4-6-12/h2-10,18H,1H3. The quantitative estimate of drug-likeness (QED) is 0.545. The molecule has 0 bridgehead atoms. The number of aromatic nitrogens is 3. The molecule has 2 aromatic heterocycles. The molecule has 0 atom stereocenters. The molecule has 19 heavy (non-hydrogen) atoms. The van der Waals surface area contributed by atoms with E-state index >= 15 is 0 Å². The van der Waals surface area contributed by atoms with Gasteiger partial charge in [0, 0.05) is 6.07 Å². The summed E-state index contributed by atoms with van der Waals surface area (Å²) in [6.07, 6.45) is 0. The second kappa shape index (κ2) is 3.72. The number of aromatic amines is 1. The van der Waals surface area contributed by atoms with Gasteiger partial charge in [-0.05, 0) is 30.2 Å². The summed E-state index contributed by atoms with van der Waals surface area (Å²) in [5.41, 5.74) is 6.61. The Morgan fingerprint density at radius 3 is 2.68 bits per heavy atom. The second-order valence-corrected chi connectivity index (χ2v) is 4.83. The number of nitrogens with one attached hydrogen (secondary N) is 1.